The zero-order chi connectivity index (χ0) is 23.6. The Hall–Kier alpha value is -3.49. The normalized spacial score (nSPS) is 14.3. The van der Waals surface area contributed by atoms with Crippen LogP contribution in [-0.2, 0) is 16.1 Å². The van der Waals surface area contributed by atoms with Crippen LogP contribution in [-0.4, -0.2) is 55.0 Å². The average Bonchev–Trinajstić information content (AvgIpc) is 3.36. The predicted molar refractivity (Wildman–Crippen MR) is 121 cm³/mol. The van der Waals surface area contributed by atoms with Gasteiger partial charge in [0.25, 0.3) is 11.8 Å². The van der Waals surface area contributed by atoms with Crippen molar-refractivity contribution in [1.29, 1.82) is 0 Å². The molecule has 1 fully saturated rings. The number of nitrogens with zero attached hydrogens (tertiary/aromatic N) is 1. The van der Waals surface area contributed by atoms with Gasteiger partial charge in [0.1, 0.15) is 11.8 Å². The van der Waals surface area contributed by atoms with Crippen molar-refractivity contribution in [3.05, 3.63) is 47.9 Å². The van der Waals surface area contributed by atoms with E-state index in [2.05, 4.69) is 10.6 Å². The first-order chi connectivity index (χ1) is 16.0. The Balaban J connectivity index is 1.56. The number of amides is 3. The lowest BCUT2D eigenvalue weighted by Gasteiger charge is -2.26. The largest absolute Gasteiger partial charge is 0.490 e. The maximum Gasteiger partial charge on any atom is 0.260 e. The number of hydrogen-bond acceptors (Lipinski definition) is 6. The fraction of sp³-hybridized carbons (Fsp3) is 0.458. The van der Waals surface area contributed by atoms with E-state index in [0.717, 1.165) is 32.4 Å². The summed E-state index contributed by atoms with van der Waals surface area (Å²) in [6.45, 7) is 5.46. The second kappa shape index (κ2) is 11.9. The molecule has 33 heavy (non-hydrogen) atoms. The van der Waals surface area contributed by atoms with Crippen LogP contribution in [0.3, 0.4) is 0 Å². The maximum atomic E-state index is 12.7. The quantitative estimate of drug-likeness (QED) is 0.567. The van der Waals surface area contributed by atoms with E-state index in [1.54, 1.807) is 37.3 Å². The zero-order valence-electron chi connectivity index (χ0n) is 19.1. The molecule has 1 aromatic carbocycles. The molecular formula is C24H31N3O6. The average molecular weight is 458 g/mol. The summed E-state index contributed by atoms with van der Waals surface area (Å²) in [5.74, 6) is 0.564. The van der Waals surface area contributed by atoms with Crippen LogP contribution in [0.5, 0.6) is 11.5 Å². The minimum absolute atomic E-state index is 0.0617. The van der Waals surface area contributed by atoms with Gasteiger partial charge >= 0.3 is 0 Å². The van der Waals surface area contributed by atoms with Crippen molar-refractivity contribution in [1.82, 2.24) is 15.5 Å². The summed E-state index contributed by atoms with van der Waals surface area (Å²) in [5.41, 5.74) is 0.318. The van der Waals surface area contributed by atoms with E-state index in [4.69, 9.17) is 13.9 Å². The van der Waals surface area contributed by atoms with Gasteiger partial charge in [0.2, 0.25) is 5.91 Å². The fourth-order valence-corrected chi connectivity index (χ4v) is 3.50. The first kappa shape index (κ1) is 24.2. The highest BCUT2D eigenvalue weighted by molar-refractivity contribution is 5.98. The Labute approximate surface area is 193 Å². The molecule has 0 aliphatic carbocycles. The molecule has 0 spiro atoms. The van der Waals surface area contributed by atoms with Gasteiger partial charge < -0.3 is 29.4 Å². The lowest BCUT2D eigenvalue weighted by molar-refractivity contribution is -0.134. The Morgan fingerprint density at radius 2 is 1.88 bits per heavy atom. The fourth-order valence-electron chi connectivity index (χ4n) is 3.50. The molecule has 0 saturated carbocycles. The number of ether oxygens (including phenoxy) is 2. The molecule has 0 bridgehead atoms. The van der Waals surface area contributed by atoms with Gasteiger partial charge in [-0.25, -0.2) is 0 Å². The molecule has 2 heterocycles. The second-order valence-electron chi connectivity index (χ2n) is 7.82. The van der Waals surface area contributed by atoms with Gasteiger partial charge in [-0.15, -0.1) is 0 Å². The molecule has 9 nitrogen and oxygen atoms in total. The standard InChI is InChI=1S/C24H31N3O6/c1-3-31-21-14-18(9-10-20(21)33-16-22(28)27-11-5-4-6-12-27)24(30)26-17(2)23(29)25-15-19-8-7-13-32-19/h7-10,13-14,17H,3-6,11-12,15-16H2,1-2H3,(H,25,29)(H,26,30). The SMILES string of the molecule is CCOc1cc(C(=O)NC(C)C(=O)NCc2ccco2)ccc1OCC(=O)N1CCCCC1. The molecule has 2 aromatic rings. The molecule has 0 radical (unpaired) electrons. The molecule has 3 rings (SSSR count). The van der Waals surface area contributed by atoms with E-state index >= 15 is 0 Å². The Bertz CT molecular complexity index is 938. The molecule has 1 aromatic heterocycles. The first-order valence-electron chi connectivity index (χ1n) is 11.3. The van der Waals surface area contributed by atoms with Crippen LogP contribution in [0.25, 0.3) is 0 Å². The van der Waals surface area contributed by atoms with E-state index in [-0.39, 0.29) is 25.0 Å². The van der Waals surface area contributed by atoms with Crippen LogP contribution >= 0.6 is 0 Å². The summed E-state index contributed by atoms with van der Waals surface area (Å²) in [4.78, 5) is 39.1. The summed E-state index contributed by atoms with van der Waals surface area (Å²) in [6.07, 6.45) is 4.70. The molecule has 178 valence electrons. The monoisotopic (exact) mass is 457 g/mol. The van der Waals surface area contributed by atoms with E-state index in [1.807, 2.05) is 11.8 Å². The molecule has 1 aliphatic rings. The summed E-state index contributed by atoms with van der Waals surface area (Å²) in [7, 11) is 0. The highest BCUT2D eigenvalue weighted by atomic mass is 16.5. The van der Waals surface area contributed by atoms with Gasteiger partial charge in [0.15, 0.2) is 18.1 Å². The number of nitrogens with one attached hydrogen (secondary N) is 2. The van der Waals surface area contributed by atoms with Crippen LogP contribution in [0.2, 0.25) is 0 Å². The Morgan fingerprint density at radius 3 is 2.58 bits per heavy atom. The lowest BCUT2D eigenvalue weighted by Crippen LogP contribution is -2.44. The van der Waals surface area contributed by atoms with Crippen LogP contribution in [0.4, 0.5) is 0 Å². The number of carbonyl (C=O) groups is 3. The van der Waals surface area contributed by atoms with Gasteiger partial charge in [-0.2, -0.15) is 0 Å². The number of furan rings is 1. The Morgan fingerprint density at radius 1 is 1.09 bits per heavy atom. The van der Waals surface area contributed by atoms with Crippen molar-refractivity contribution in [2.75, 3.05) is 26.3 Å². The second-order valence-corrected chi connectivity index (χ2v) is 7.82. The van der Waals surface area contributed by atoms with Crippen LogP contribution in [0, 0.1) is 0 Å². The third-order valence-corrected chi connectivity index (χ3v) is 5.32. The van der Waals surface area contributed by atoms with Gasteiger partial charge in [-0.3, -0.25) is 14.4 Å². The van der Waals surface area contributed by atoms with Gasteiger partial charge in [-0.05, 0) is 63.4 Å². The topological polar surface area (TPSA) is 110 Å². The van der Waals surface area contributed by atoms with Crippen LogP contribution in [0.1, 0.15) is 49.2 Å². The minimum Gasteiger partial charge on any atom is -0.490 e. The zero-order valence-corrected chi connectivity index (χ0v) is 19.1. The van der Waals surface area contributed by atoms with Crippen molar-refractivity contribution in [3.63, 3.8) is 0 Å². The highest BCUT2D eigenvalue weighted by Crippen LogP contribution is 2.29. The number of piperidine rings is 1. The number of rotatable bonds is 10. The van der Waals surface area contributed by atoms with Gasteiger partial charge in [0, 0.05) is 18.7 Å². The van der Waals surface area contributed by atoms with Crippen molar-refractivity contribution < 1.29 is 28.3 Å². The van der Waals surface area contributed by atoms with Crippen molar-refractivity contribution in [2.45, 2.75) is 45.7 Å². The molecule has 9 heteroatoms. The predicted octanol–water partition coefficient (Wildman–Crippen LogP) is 2.50. The maximum absolute atomic E-state index is 12.7. The third-order valence-electron chi connectivity index (χ3n) is 5.32. The summed E-state index contributed by atoms with van der Waals surface area (Å²) in [5, 5.41) is 5.38. The molecule has 1 aliphatic heterocycles. The third kappa shape index (κ3) is 7.00. The summed E-state index contributed by atoms with van der Waals surface area (Å²) < 4.78 is 16.5. The number of hydrogen-bond donors (Lipinski definition) is 2. The van der Waals surface area contributed by atoms with Crippen molar-refractivity contribution in [2.24, 2.45) is 0 Å². The molecule has 3 amide bonds. The number of likely N-dealkylation sites (tertiary alicyclic amines) is 1. The minimum atomic E-state index is -0.749. The van der Waals surface area contributed by atoms with E-state index in [9.17, 15) is 14.4 Å². The van der Waals surface area contributed by atoms with E-state index in [1.165, 1.54) is 6.26 Å². The van der Waals surface area contributed by atoms with Crippen LogP contribution < -0.4 is 20.1 Å². The van der Waals surface area contributed by atoms with E-state index in [0.29, 0.717) is 29.4 Å². The number of carbonyl (C=O) groups excluding carboxylic acids is 3. The molecule has 1 saturated heterocycles. The van der Waals surface area contributed by atoms with Gasteiger partial charge in [-0.1, -0.05) is 0 Å². The molecular weight excluding hydrogens is 426 g/mol. The van der Waals surface area contributed by atoms with Gasteiger partial charge in [0.05, 0.1) is 19.4 Å². The summed E-state index contributed by atoms with van der Waals surface area (Å²) in [6, 6.07) is 7.47. The van der Waals surface area contributed by atoms with Crippen molar-refractivity contribution >= 4 is 17.7 Å². The Kier molecular flexibility index (Phi) is 8.74. The van der Waals surface area contributed by atoms with Crippen LogP contribution in [0.15, 0.2) is 41.0 Å². The van der Waals surface area contributed by atoms with E-state index < -0.39 is 11.9 Å². The molecule has 1 unspecified atom stereocenters. The molecule has 2 N–H and O–H groups in total. The first-order valence-corrected chi connectivity index (χ1v) is 11.3. The highest BCUT2D eigenvalue weighted by Gasteiger charge is 2.20. The molecule has 1 atom stereocenters. The smallest absolute Gasteiger partial charge is 0.260 e. The van der Waals surface area contributed by atoms with Crippen molar-refractivity contribution in [3.8, 4) is 11.5 Å². The lowest BCUT2D eigenvalue weighted by atomic mass is 10.1. The number of benzene rings is 1. The summed E-state index contributed by atoms with van der Waals surface area (Å²) >= 11 is 0.